The van der Waals surface area contributed by atoms with Crippen molar-refractivity contribution in [2.75, 3.05) is 30.0 Å². The van der Waals surface area contributed by atoms with E-state index < -0.39 is 16.8 Å². The van der Waals surface area contributed by atoms with Gasteiger partial charge in [0.05, 0.1) is 11.6 Å². The number of hydrogen-bond donors (Lipinski definition) is 1. The number of amides is 2. The maximum atomic E-state index is 12.8. The molecule has 0 aliphatic carbocycles. The molecule has 0 spiro atoms. The monoisotopic (exact) mass is 361 g/mol. The van der Waals surface area contributed by atoms with Crippen molar-refractivity contribution in [2.24, 2.45) is 0 Å². The number of anilines is 1. The van der Waals surface area contributed by atoms with Crippen molar-refractivity contribution in [2.45, 2.75) is 37.8 Å². The Balaban J connectivity index is 1.42. The Morgan fingerprint density at radius 1 is 1.20 bits per heavy atom. The maximum absolute atomic E-state index is 12.8. The van der Waals surface area contributed by atoms with Gasteiger partial charge in [0.2, 0.25) is 11.8 Å². The van der Waals surface area contributed by atoms with Crippen LogP contribution in [0.1, 0.15) is 24.8 Å². The van der Waals surface area contributed by atoms with Crippen LogP contribution in [0.3, 0.4) is 0 Å². The summed E-state index contributed by atoms with van der Waals surface area (Å²) in [5.41, 5.74) is 2.30. The molecule has 2 unspecified atom stereocenters. The standard InChI is InChI=1S/C18H23N3O3S/c22-17(10-14-9-13-5-1-2-6-15(13)19-14)21-12-25(24)11-16(21)18(23)20-7-3-4-8-20/h1-2,5-6,14,16,19H,3-4,7-12H2/t14?,16-,25?/m0/s1. The molecule has 2 fully saturated rings. The second kappa shape index (κ2) is 6.78. The van der Waals surface area contributed by atoms with E-state index in [1.807, 2.05) is 23.1 Å². The summed E-state index contributed by atoms with van der Waals surface area (Å²) in [6, 6.07) is 7.56. The van der Waals surface area contributed by atoms with Gasteiger partial charge in [0, 0.05) is 42.0 Å². The van der Waals surface area contributed by atoms with Crippen LogP contribution in [0.15, 0.2) is 24.3 Å². The van der Waals surface area contributed by atoms with Gasteiger partial charge in [-0.25, -0.2) is 0 Å². The number of hydrogen-bond acceptors (Lipinski definition) is 4. The van der Waals surface area contributed by atoms with Gasteiger partial charge in [0.15, 0.2) is 0 Å². The van der Waals surface area contributed by atoms with Gasteiger partial charge in [0.1, 0.15) is 6.04 Å². The average Bonchev–Trinajstić information content (AvgIpc) is 3.32. The van der Waals surface area contributed by atoms with E-state index in [1.54, 1.807) is 4.90 Å². The Labute approximate surface area is 150 Å². The van der Waals surface area contributed by atoms with E-state index in [2.05, 4.69) is 11.4 Å². The molecule has 3 aliphatic rings. The van der Waals surface area contributed by atoms with Gasteiger partial charge < -0.3 is 15.1 Å². The molecular formula is C18H23N3O3S. The summed E-state index contributed by atoms with van der Waals surface area (Å²) in [4.78, 5) is 28.9. The number of benzene rings is 1. The van der Waals surface area contributed by atoms with E-state index in [0.29, 0.717) is 6.42 Å². The third-order valence-electron chi connectivity index (χ3n) is 5.29. The van der Waals surface area contributed by atoms with Crippen molar-refractivity contribution < 1.29 is 13.8 Å². The van der Waals surface area contributed by atoms with Crippen LogP contribution in [0.4, 0.5) is 5.69 Å². The highest BCUT2D eigenvalue weighted by Crippen LogP contribution is 2.28. The predicted octanol–water partition coefficient (Wildman–Crippen LogP) is 0.953. The smallest absolute Gasteiger partial charge is 0.246 e. The molecule has 7 heteroatoms. The highest BCUT2D eigenvalue weighted by molar-refractivity contribution is 7.85. The number of carbonyl (C=O) groups excluding carboxylic acids is 2. The molecule has 0 bridgehead atoms. The second-order valence-corrected chi connectivity index (χ2v) is 8.53. The summed E-state index contributed by atoms with van der Waals surface area (Å²) in [6.45, 7) is 1.51. The highest BCUT2D eigenvalue weighted by Gasteiger charge is 2.41. The Hall–Kier alpha value is -1.89. The molecule has 6 nitrogen and oxygen atoms in total. The molecule has 134 valence electrons. The number of nitrogens with zero attached hydrogens (tertiary/aromatic N) is 2. The van der Waals surface area contributed by atoms with Crippen LogP contribution in [0.25, 0.3) is 0 Å². The molecule has 0 saturated carbocycles. The van der Waals surface area contributed by atoms with Crippen LogP contribution in [0, 0.1) is 0 Å². The van der Waals surface area contributed by atoms with Gasteiger partial charge in [-0.1, -0.05) is 18.2 Å². The Kier molecular flexibility index (Phi) is 4.50. The molecule has 2 amide bonds. The van der Waals surface area contributed by atoms with E-state index in [1.165, 1.54) is 5.56 Å². The Morgan fingerprint density at radius 3 is 2.72 bits per heavy atom. The number of nitrogens with one attached hydrogen (secondary N) is 1. The normalized spacial score (nSPS) is 28.1. The molecular weight excluding hydrogens is 338 g/mol. The Morgan fingerprint density at radius 2 is 1.96 bits per heavy atom. The molecule has 0 radical (unpaired) electrons. The van der Waals surface area contributed by atoms with Crippen LogP contribution >= 0.6 is 0 Å². The van der Waals surface area contributed by atoms with Gasteiger partial charge in [-0.2, -0.15) is 0 Å². The van der Waals surface area contributed by atoms with E-state index in [4.69, 9.17) is 0 Å². The van der Waals surface area contributed by atoms with Gasteiger partial charge >= 0.3 is 0 Å². The zero-order valence-electron chi connectivity index (χ0n) is 14.1. The first-order valence-corrected chi connectivity index (χ1v) is 10.4. The highest BCUT2D eigenvalue weighted by atomic mass is 32.2. The summed E-state index contributed by atoms with van der Waals surface area (Å²) < 4.78 is 12.0. The lowest BCUT2D eigenvalue weighted by molar-refractivity contribution is -0.142. The number of carbonyl (C=O) groups is 2. The van der Waals surface area contributed by atoms with Crippen molar-refractivity contribution >= 4 is 28.3 Å². The molecule has 2 saturated heterocycles. The molecule has 3 atom stereocenters. The van der Waals surface area contributed by atoms with Crippen molar-refractivity contribution in [3.63, 3.8) is 0 Å². The fourth-order valence-corrected chi connectivity index (χ4v) is 5.40. The number of fused-ring (bicyclic) bond motifs is 1. The second-order valence-electron chi connectivity index (χ2n) is 7.05. The molecule has 3 heterocycles. The van der Waals surface area contributed by atoms with E-state index >= 15 is 0 Å². The Bertz CT molecular complexity index is 692. The van der Waals surface area contributed by atoms with Crippen molar-refractivity contribution in [1.29, 1.82) is 0 Å². The number of likely N-dealkylation sites (tertiary alicyclic amines) is 1. The van der Waals surface area contributed by atoms with Crippen LogP contribution in [0.5, 0.6) is 0 Å². The predicted molar refractivity (Wildman–Crippen MR) is 96.5 cm³/mol. The lowest BCUT2D eigenvalue weighted by Gasteiger charge is -2.27. The van der Waals surface area contributed by atoms with Crippen LogP contribution in [0.2, 0.25) is 0 Å². The molecule has 4 rings (SSSR count). The fraction of sp³-hybridized carbons (Fsp3) is 0.556. The largest absolute Gasteiger partial charge is 0.381 e. The van der Waals surface area contributed by atoms with E-state index in [9.17, 15) is 13.8 Å². The van der Waals surface area contributed by atoms with Crippen LogP contribution in [-0.2, 0) is 26.8 Å². The van der Waals surface area contributed by atoms with Gasteiger partial charge in [-0.05, 0) is 30.9 Å². The van der Waals surface area contributed by atoms with E-state index in [0.717, 1.165) is 38.0 Å². The minimum Gasteiger partial charge on any atom is -0.381 e. The summed E-state index contributed by atoms with van der Waals surface area (Å²) in [7, 11) is -1.13. The minimum atomic E-state index is -1.13. The SMILES string of the molecule is O=C([C@@H]1CS(=O)CN1C(=O)CC1Cc2ccccc2N1)N1CCCC1. The average molecular weight is 361 g/mol. The first-order chi connectivity index (χ1) is 12.1. The van der Waals surface area contributed by atoms with Gasteiger partial charge in [-0.15, -0.1) is 0 Å². The van der Waals surface area contributed by atoms with Crippen LogP contribution in [-0.4, -0.2) is 62.6 Å². The molecule has 1 aromatic rings. The van der Waals surface area contributed by atoms with Crippen LogP contribution < -0.4 is 5.32 Å². The van der Waals surface area contributed by atoms with Crippen molar-refractivity contribution in [3.05, 3.63) is 29.8 Å². The first kappa shape index (κ1) is 16.6. The first-order valence-electron chi connectivity index (χ1n) is 8.89. The summed E-state index contributed by atoms with van der Waals surface area (Å²) in [5.74, 6) is 0.357. The maximum Gasteiger partial charge on any atom is 0.246 e. The fourth-order valence-electron chi connectivity index (χ4n) is 3.99. The number of rotatable bonds is 3. The summed E-state index contributed by atoms with van der Waals surface area (Å²) in [5, 5.41) is 3.38. The molecule has 1 N–H and O–H groups in total. The molecule has 3 aliphatic heterocycles. The topological polar surface area (TPSA) is 69.7 Å². The van der Waals surface area contributed by atoms with Crippen molar-refractivity contribution in [1.82, 2.24) is 9.80 Å². The lowest BCUT2D eigenvalue weighted by Crippen LogP contribution is -2.49. The van der Waals surface area contributed by atoms with E-state index in [-0.39, 0.29) is 29.5 Å². The van der Waals surface area contributed by atoms with Gasteiger partial charge in [-0.3, -0.25) is 13.8 Å². The zero-order chi connectivity index (χ0) is 17.4. The summed E-state index contributed by atoms with van der Waals surface area (Å²) >= 11 is 0. The third-order valence-corrected chi connectivity index (χ3v) is 6.54. The third kappa shape index (κ3) is 3.29. The number of para-hydroxylation sites is 1. The zero-order valence-corrected chi connectivity index (χ0v) is 15.0. The van der Waals surface area contributed by atoms with Gasteiger partial charge in [0.25, 0.3) is 0 Å². The quantitative estimate of drug-likeness (QED) is 0.870. The molecule has 0 aromatic heterocycles. The van der Waals surface area contributed by atoms with Crippen molar-refractivity contribution in [3.8, 4) is 0 Å². The molecule has 1 aromatic carbocycles. The minimum absolute atomic E-state index is 0.0284. The summed E-state index contributed by atoms with van der Waals surface area (Å²) in [6.07, 6.45) is 3.17. The lowest BCUT2D eigenvalue weighted by atomic mass is 10.1. The molecule has 25 heavy (non-hydrogen) atoms.